The van der Waals surface area contributed by atoms with Crippen molar-refractivity contribution in [2.24, 2.45) is 4.99 Å². The fourth-order valence-corrected chi connectivity index (χ4v) is 2.36. The van der Waals surface area contributed by atoms with Gasteiger partial charge in [-0.3, -0.25) is 9.79 Å². The fraction of sp³-hybridized carbons (Fsp3) is 0.643. The number of carboxylic acid groups (broad SMARTS) is 2. The van der Waals surface area contributed by atoms with Gasteiger partial charge in [0.05, 0.1) is 25.5 Å². The Bertz CT molecular complexity index is 587. The Labute approximate surface area is 142 Å². The minimum Gasteiger partial charge on any atom is -0.493 e. The molecule has 4 atom stereocenters. The molecule has 7 N–H and O–H groups in total. The molecule has 0 fully saturated rings. The molecule has 11 heteroatoms. The van der Waals surface area contributed by atoms with Gasteiger partial charge in [-0.1, -0.05) is 0 Å². The normalized spacial score (nSPS) is 27.8. The number of aliphatic imine (C=N–C) groups is 1. The van der Waals surface area contributed by atoms with E-state index in [0.29, 0.717) is 0 Å². The summed E-state index contributed by atoms with van der Waals surface area (Å²) in [6.45, 7) is -0.281. The number of nitrogens with zero attached hydrogens (tertiary/aromatic N) is 1. The van der Waals surface area contributed by atoms with E-state index in [-0.39, 0.29) is 17.9 Å². The predicted octanol–water partition coefficient (Wildman–Crippen LogP) is -2.72. The van der Waals surface area contributed by atoms with Crippen molar-refractivity contribution in [1.29, 1.82) is 0 Å². The third-order valence-electron chi connectivity index (χ3n) is 3.68. The third-order valence-corrected chi connectivity index (χ3v) is 3.68. The van der Waals surface area contributed by atoms with Gasteiger partial charge in [0.25, 0.3) is 0 Å². The van der Waals surface area contributed by atoms with E-state index < -0.39 is 54.7 Å². The van der Waals surface area contributed by atoms with Crippen molar-refractivity contribution in [1.82, 2.24) is 5.32 Å². The summed E-state index contributed by atoms with van der Waals surface area (Å²) in [5.41, 5.74) is -2.55. The maximum Gasteiger partial charge on any atom is 0.331 e. The Hall–Kier alpha value is -2.21. The van der Waals surface area contributed by atoms with Crippen LogP contribution in [0.1, 0.15) is 13.3 Å². The van der Waals surface area contributed by atoms with E-state index in [2.05, 4.69) is 10.3 Å². The highest BCUT2D eigenvalue weighted by Crippen LogP contribution is 2.31. The van der Waals surface area contributed by atoms with E-state index in [9.17, 15) is 30.0 Å². The summed E-state index contributed by atoms with van der Waals surface area (Å²) in [5, 5.41) is 60.1. The molecule has 11 nitrogen and oxygen atoms in total. The zero-order chi connectivity index (χ0) is 19.4. The largest absolute Gasteiger partial charge is 0.493 e. The van der Waals surface area contributed by atoms with Crippen LogP contribution in [0.15, 0.2) is 16.4 Å². The second-order valence-corrected chi connectivity index (χ2v) is 5.64. The number of carbonyl (C=O) groups is 2. The fourth-order valence-electron chi connectivity index (χ4n) is 2.36. The van der Waals surface area contributed by atoms with Crippen LogP contribution in [0.25, 0.3) is 0 Å². The van der Waals surface area contributed by atoms with Crippen molar-refractivity contribution >= 4 is 17.7 Å². The number of aliphatic hydroxyl groups excluding tert-OH is 3. The molecule has 0 heterocycles. The Morgan fingerprint density at radius 2 is 2.04 bits per heavy atom. The molecule has 0 amide bonds. The Morgan fingerprint density at radius 3 is 2.44 bits per heavy atom. The summed E-state index contributed by atoms with van der Waals surface area (Å²) in [4.78, 5) is 25.7. The molecule has 4 unspecified atom stereocenters. The lowest BCUT2D eigenvalue weighted by molar-refractivity contribution is -0.141. The molecule has 1 aliphatic carbocycles. The molecule has 0 saturated carbocycles. The van der Waals surface area contributed by atoms with Crippen LogP contribution in [-0.4, -0.2) is 92.4 Å². The quantitative estimate of drug-likeness (QED) is 0.239. The minimum absolute atomic E-state index is 0.0141. The molecule has 0 aromatic rings. The van der Waals surface area contributed by atoms with Gasteiger partial charge in [-0.15, -0.1) is 0 Å². The highest BCUT2D eigenvalue weighted by Gasteiger charge is 2.46. The van der Waals surface area contributed by atoms with Gasteiger partial charge in [-0.2, -0.15) is 0 Å². The summed E-state index contributed by atoms with van der Waals surface area (Å²) in [6, 6.07) is -1.67. The van der Waals surface area contributed by atoms with Crippen molar-refractivity contribution in [2.75, 3.05) is 20.3 Å². The second-order valence-electron chi connectivity index (χ2n) is 5.64. The lowest BCUT2D eigenvalue weighted by Gasteiger charge is -2.38. The molecule has 1 aliphatic rings. The third kappa shape index (κ3) is 4.66. The van der Waals surface area contributed by atoms with Gasteiger partial charge in [0, 0.05) is 6.42 Å². The highest BCUT2D eigenvalue weighted by molar-refractivity contribution is 6.05. The maximum absolute atomic E-state index is 11.2. The molecule has 0 spiro atoms. The van der Waals surface area contributed by atoms with Crippen LogP contribution >= 0.6 is 0 Å². The number of carboxylic acids is 2. The molecule has 0 aromatic heterocycles. The molecule has 0 radical (unpaired) electrons. The summed E-state index contributed by atoms with van der Waals surface area (Å²) in [7, 11) is 1.18. The molecular formula is C14H22N2O9. The number of aliphatic carboxylic acids is 2. The predicted molar refractivity (Wildman–Crippen MR) is 82.9 cm³/mol. The van der Waals surface area contributed by atoms with Crippen LogP contribution in [0.2, 0.25) is 0 Å². The van der Waals surface area contributed by atoms with Crippen LogP contribution in [-0.2, 0) is 14.3 Å². The van der Waals surface area contributed by atoms with Gasteiger partial charge in [-0.05, 0) is 6.92 Å². The minimum atomic E-state index is -2.14. The van der Waals surface area contributed by atoms with Crippen molar-refractivity contribution in [3.63, 3.8) is 0 Å². The van der Waals surface area contributed by atoms with Gasteiger partial charge in [0.1, 0.15) is 24.0 Å². The van der Waals surface area contributed by atoms with Crippen molar-refractivity contribution in [3.8, 4) is 0 Å². The van der Waals surface area contributed by atoms with E-state index in [0.717, 1.165) is 0 Å². The number of methoxy groups -OCH3 is 1. The molecular weight excluding hydrogens is 340 g/mol. The zero-order valence-corrected chi connectivity index (χ0v) is 13.7. The van der Waals surface area contributed by atoms with E-state index in [1.807, 2.05) is 0 Å². The second kappa shape index (κ2) is 8.25. The lowest BCUT2D eigenvalue weighted by Crippen LogP contribution is -2.56. The Balaban J connectivity index is 3.47. The summed E-state index contributed by atoms with van der Waals surface area (Å²) in [6.07, 6.45) is -3.62. The van der Waals surface area contributed by atoms with Gasteiger partial charge in [0.15, 0.2) is 11.8 Å². The average molecular weight is 362 g/mol. The number of rotatable bonds is 8. The molecule has 25 heavy (non-hydrogen) atoms. The molecule has 0 bridgehead atoms. The average Bonchev–Trinajstić information content (AvgIpc) is 2.53. The first-order valence-electron chi connectivity index (χ1n) is 7.30. The molecule has 0 saturated heterocycles. The molecule has 1 rings (SSSR count). The van der Waals surface area contributed by atoms with E-state index in [1.54, 1.807) is 0 Å². The van der Waals surface area contributed by atoms with Crippen molar-refractivity contribution in [2.45, 2.75) is 37.2 Å². The zero-order valence-electron chi connectivity index (χ0n) is 13.7. The van der Waals surface area contributed by atoms with Crippen LogP contribution < -0.4 is 5.32 Å². The van der Waals surface area contributed by atoms with Gasteiger partial charge < -0.3 is 40.7 Å². The summed E-state index contributed by atoms with van der Waals surface area (Å²) in [5.74, 6) is -2.87. The van der Waals surface area contributed by atoms with Gasteiger partial charge in [-0.25, -0.2) is 4.79 Å². The SMILES string of the molecule is COC1=C(NCC(=O)O)CC(O)(CO)C(O)C1=NC(C(=O)O)C(C)O. The first-order valence-corrected chi connectivity index (χ1v) is 7.30. The summed E-state index contributed by atoms with van der Waals surface area (Å²) >= 11 is 0. The number of nitrogens with one attached hydrogen (secondary N) is 1. The topological polar surface area (TPSA) is 189 Å². The maximum atomic E-state index is 11.2. The van der Waals surface area contributed by atoms with E-state index >= 15 is 0 Å². The standard InChI is InChI=1S/C14H22N2O9/c1-6(18)9(13(22)23)16-10-11(25-2)7(15-4-8(19)20)3-14(24,5-17)12(10)21/h6,9,12,15,17-18,21,24H,3-5H2,1-2H3,(H,19,20)(H,22,23). The van der Waals surface area contributed by atoms with E-state index in [4.69, 9.17) is 14.9 Å². The summed E-state index contributed by atoms with van der Waals surface area (Å²) < 4.78 is 5.08. The van der Waals surface area contributed by atoms with Crippen LogP contribution in [0.3, 0.4) is 0 Å². The van der Waals surface area contributed by atoms with Crippen LogP contribution in [0, 0.1) is 0 Å². The number of aliphatic hydroxyl groups is 4. The first kappa shape index (κ1) is 20.8. The van der Waals surface area contributed by atoms with Gasteiger partial charge in [0.2, 0.25) is 0 Å². The molecule has 0 aliphatic heterocycles. The van der Waals surface area contributed by atoms with Crippen molar-refractivity contribution < 1.29 is 45.0 Å². The Morgan fingerprint density at radius 1 is 1.44 bits per heavy atom. The number of hydrogen-bond donors (Lipinski definition) is 7. The Kier molecular flexibility index (Phi) is 6.87. The van der Waals surface area contributed by atoms with Gasteiger partial charge >= 0.3 is 11.9 Å². The molecule has 142 valence electrons. The van der Waals surface area contributed by atoms with E-state index in [1.165, 1.54) is 14.0 Å². The van der Waals surface area contributed by atoms with Crippen LogP contribution in [0.5, 0.6) is 0 Å². The number of hydrogen-bond acceptors (Lipinski definition) is 9. The van der Waals surface area contributed by atoms with Crippen LogP contribution in [0.4, 0.5) is 0 Å². The smallest absolute Gasteiger partial charge is 0.331 e. The first-order chi connectivity index (χ1) is 11.6. The number of ether oxygens (including phenoxy) is 1. The monoisotopic (exact) mass is 362 g/mol. The highest BCUT2D eigenvalue weighted by atomic mass is 16.5. The van der Waals surface area contributed by atoms with Crippen molar-refractivity contribution in [3.05, 3.63) is 11.5 Å². The lowest BCUT2D eigenvalue weighted by atomic mass is 9.82. The molecule has 0 aromatic carbocycles.